The van der Waals surface area contributed by atoms with E-state index in [1.807, 2.05) is 16.5 Å². The van der Waals surface area contributed by atoms with Crippen molar-refractivity contribution in [3.05, 3.63) is 12.2 Å². The second kappa shape index (κ2) is 6.56. The monoisotopic (exact) mass is 292 g/mol. The summed E-state index contributed by atoms with van der Waals surface area (Å²) in [5.41, 5.74) is 0. The molecule has 2 aliphatic rings. The van der Waals surface area contributed by atoms with Crippen LogP contribution in [0.3, 0.4) is 0 Å². The van der Waals surface area contributed by atoms with E-state index in [1.165, 1.54) is 19.3 Å². The van der Waals surface area contributed by atoms with Crippen LogP contribution in [0.2, 0.25) is 0 Å². The topological polar surface area (TPSA) is 60.2 Å². The minimum Gasteiger partial charge on any atom is -0.368 e. The van der Waals surface area contributed by atoms with Crippen molar-refractivity contribution in [1.29, 1.82) is 0 Å². The van der Waals surface area contributed by atoms with Crippen LogP contribution >= 0.6 is 0 Å². The molecule has 1 saturated carbocycles. The first-order valence-electron chi connectivity index (χ1n) is 8.00. The summed E-state index contributed by atoms with van der Waals surface area (Å²) < 4.78 is 7.72. The van der Waals surface area contributed by atoms with Gasteiger partial charge in [-0.1, -0.05) is 19.3 Å². The van der Waals surface area contributed by atoms with E-state index < -0.39 is 0 Å². The number of aryl methyl sites for hydroxylation is 1. The summed E-state index contributed by atoms with van der Waals surface area (Å²) in [6.07, 6.45) is 9.89. The van der Waals surface area contributed by atoms with Gasteiger partial charge in [0.1, 0.15) is 12.9 Å². The predicted octanol–water partition coefficient (Wildman–Crippen LogP) is 1.83. The molecule has 0 aromatic carbocycles. The van der Waals surface area contributed by atoms with E-state index in [2.05, 4.69) is 10.2 Å². The van der Waals surface area contributed by atoms with Crippen LogP contribution in [0.25, 0.3) is 0 Å². The van der Waals surface area contributed by atoms with Crippen molar-refractivity contribution in [2.75, 3.05) is 13.2 Å². The van der Waals surface area contributed by atoms with Gasteiger partial charge in [-0.3, -0.25) is 4.79 Å². The summed E-state index contributed by atoms with van der Waals surface area (Å²) in [6.45, 7) is 1.00. The summed E-state index contributed by atoms with van der Waals surface area (Å²) in [6, 6.07) is 0.0555. The standard InChI is InChI=1S/C15H24N4O2/c1-18-11-16-17-15(18)13-8-5-9-19(13)14(20)10-21-12-6-3-2-4-7-12/h11-13H,2-10H2,1H3. The number of hydrogen-bond donors (Lipinski definition) is 0. The minimum absolute atomic E-state index is 0.0555. The lowest BCUT2D eigenvalue weighted by molar-refractivity contribution is -0.140. The van der Waals surface area contributed by atoms with Crippen molar-refractivity contribution >= 4 is 5.91 Å². The van der Waals surface area contributed by atoms with Crippen LogP contribution < -0.4 is 0 Å². The molecule has 21 heavy (non-hydrogen) atoms. The number of rotatable bonds is 4. The third kappa shape index (κ3) is 3.26. The van der Waals surface area contributed by atoms with Crippen LogP contribution in [0.5, 0.6) is 0 Å². The summed E-state index contributed by atoms with van der Waals surface area (Å²) >= 11 is 0. The number of aromatic nitrogens is 3. The van der Waals surface area contributed by atoms with Gasteiger partial charge in [-0.05, 0) is 25.7 Å². The van der Waals surface area contributed by atoms with E-state index in [4.69, 9.17) is 4.74 Å². The summed E-state index contributed by atoms with van der Waals surface area (Å²) in [7, 11) is 1.93. The Kier molecular flexibility index (Phi) is 4.53. The molecule has 2 heterocycles. The van der Waals surface area contributed by atoms with E-state index in [-0.39, 0.29) is 24.7 Å². The predicted molar refractivity (Wildman–Crippen MR) is 77.5 cm³/mol. The van der Waals surface area contributed by atoms with Crippen LogP contribution in [-0.2, 0) is 16.6 Å². The molecule has 1 aromatic rings. The molecule has 1 aromatic heterocycles. The highest BCUT2D eigenvalue weighted by Gasteiger charge is 2.33. The van der Waals surface area contributed by atoms with Gasteiger partial charge in [-0.25, -0.2) is 0 Å². The first kappa shape index (κ1) is 14.5. The molecule has 0 spiro atoms. The number of amides is 1. The van der Waals surface area contributed by atoms with Gasteiger partial charge in [0, 0.05) is 13.6 Å². The maximum absolute atomic E-state index is 12.4. The Morgan fingerprint density at radius 3 is 2.81 bits per heavy atom. The molecule has 0 bridgehead atoms. The van der Waals surface area contributed by atoms with Crippen LogP contribution in [0.15, 0.2) is 6.33 Å². The Balaban J connectivity index is 1.57. The molecule has 116 valence electrons. The van der Waals surface area contributed by atoms with Crippen LogP contribution in [0, 0.1) is 0 Å². The molecule has 1 amide bonds. The molecule has 3 rings (SSSR count). The second-order valence-corrected chi connectivity index (χ2v) is 6.12. The molecule has 0 radical (unpaired) electrons. The van der Waals surface area contributed by atoms with Gasteiger partial charge in [0.2, 0.25) is 5.91 Å². The average molecular weight is 292 g/mol. The Morgan fingerprint density at radius 2 is 2.10 bits per heavy atom. The van der Waals surface area contributed by atoms with Crippen LogP contribution in [-0.4, -0.2) is 44.8 Å². The summed E-state index contributed by atoms with van der Waals surface area (Å²) in [5.74, 6) is 0.963. The van der Waals surface area contributed by atoms with Gasteiger partial charge in [-0.15, -0.1) is 10.2 Å². The first-order valence-corrected chi connectivity index (χ1v) is 8.00. The zero-order valence-electron chi connectivity index (χ0n) is 12.7. The number of carbonyl (C=O) groups excluding carboxylic acids is 1. The molecule has 1 aliphatic carbocycles. The quantitative estimate of drug-likeness (QED) is 0.849. The van der Waals surface area contributed by atoms with Crippen molar-refractivity contribution in [2.24, 2.45) is 7.05 Å². The Bertz CT molecular complexity index is 482. The zero-order valence-corrected chi connectivity index (χ0v) is 12.7. The molecule has 2 fully saturated rings. The molecule has 1 saturated heterocycles. The Labute approximate surface area is 125 Å². The van der Waals surface area contributed by atoms with Crippen molar-refractivity contribution in [1.82, 2.24) is 19.7 Å². The fourth-order valence-electron chi connectivity index (χ4n) is 3.43. The van der Waals surface area contributed by atoms with Gasteiger partial charge >= 0.3 is 0 Å². The number of carbonyl (C=O) groups is 1. The highest BCUT2D eigenvalue weighted by Crippen LogP contribution is 2.30. The lowest BCUT2D eigenvalue weighted by atomic mass is 9.98. The number of hydrogen-bond acceptors (Lipinski definition) is 4. The molecule has 6 heteroatoms. The van der Waals surface area contributed by atoms with E-state index >= 15 is 0 Å². The van der Waals surface area contributed by atoms with Crippen LogP contribution in [0.1, 0.15) is 56.8 Å². The number of ether oxygens (including phenoxy) is 1. The number of nitrogens with zero attached hydrogens (tertiary/aromatic N) is 4. The second-order valence-electron chi connectivity index (χ2n) is 6.12. The average Bonchev–Trinajstić information content (AvgIpc) is 3.14. The highest BCUT2D eigenvalue weighted by atomic mass is 16.5. The lowest BCUT2D eigenvalue weighted by Crippen LogP contribution is -2.36. The van der Waals surface area contributed by atoms with Crippen molar-refractivity contribution in [3.63, 3.8) is 0 Å². The third-order valence-corrected chi connectivity index (χ3v) is 4.61. The molecule has 1 aliphatic heterocycles. The fourth-order valence-corrected chi connectivity index (χ4v) is 3.43. The minimum atomic E-state index is 0.0555. The molecular weight excluding hydrogens is 268 g/mol. The Morgan fingerprint density at radius 1 is 1.29 bits per heavy atom. The van der Waals surface area contributed by atoms with Gasteiger partial charge in [0.05, 0.1) is 12.1 Å². The maximum Gasteiger partial charge on any atom is 0.249 e. The molecule has 1 unspecified atom stereocenters. The molecular formula is C15H24N4O2. The van der Waals surface area contributed by atoms with Gasteiger partial charge < -0.3 is 14.2 Å². The molecule has 1 atom stereocenters. The largest absolute Gasteiger partial charge is 0.368 e. The normalized spacial score (nSPS) is 23.7. The zero-order chi connectivity index (χ0) is 14.7. The summed E-state index contributed by atoms with van der Waals surface area (Å²) in [4.78, 5) is 14.4. The van der Waals surface area contributed by atoms with Crippen molar-refractivity contribution in [3.8, 4) is 0 Å². The van der Waals surface area contributed by atoms with Crippen molar-refractivity contribution < 1.29 is 9.53 Å². The summed E-state index contributed by atoms with van der Waals surface area (Å²) in [5, 5.41) is 8.08. The smallest absolute Gasteiger partial charge is 0.249 e. The highest BCUT2D eigenvalue weighted by molar-refractivity contribution is 5.78. The number of likely N-dealkylation sites (tertiary alicyclic amines) is 1. The fraction of sp³-hybridized carbons (Fsp3) is 0.800. The van der Waals surface area contributed by atoms with E-state index in [9.17, 15) is 4.79 Å². The van der Waals surface area contributed by atoms with E-state index in [0.717, 1.165) is 38.1 Å². The van der Waals surface area contributed by atoms with Crippen molar-refractivity contribution in [2.45, 2.75) is 57.1 Å². The Hall–Kier alpha value is -1.43. The maximum atomic E-state index is 12.4. The molecule has 6 nitrogen and oxygen atoms in total. The van der Waals surface area contributed by atoms with E-state index in [1.54, 1.807) is 6.33 Å². The SMILES string of the molecule is Cn1cnnc1C1CCCN1C(=O)COC1CCCCC1. The van der Waals surface area contributed by atoms with Gasteiger partial charge in [0.15, 0.2) is 5.82 Å². The third-order valence-electron chi connectivity index (χ3n) is 4.61. The van der Waals surface area contributed by atoms with Gasteiger partial charge in [-0.2, -0.15) is 0 Å². The van der Waals surface area contributed by atoms with E-state index in [0.29, 0.717) is 0 Å². The molecule has 0 N–H and O–H groups in total. The first-order chi connectivity index (χ1) is 10.3. The van der Waals surface area contributed by atoms with Gasteiger partial charge in [0.25, 0.3) is 0 Å². The van der Waals surface area contributed by atoms with Crippen LogP contribution in [0.4, 0.5) is 0 Å². The lowest BCUT2D eigenvalue weighted by Gasteiger charge is -2.26.